The SMILES string of the molecule is COc1ccc(CNC(=O)c2cn3c(n2)C(=O)N(CC2CC2)CC3)c(OC)c1. The van der Waals surface area contributed by atoms with E-state index in [9.17, 15) is 9.59 Å². The van der Waals surface area contributed by atoms with E-state index < -0.39 is 0 Å². The average molecular weight is 384 g/mol. The Kier molecular flexibility index (Phi) is 4.93. The van der Waals surface area contributed by atoms with Crippen LogP contribution in [0.5, 0.6) is 11.5 Å². The molecular weight excluding hydrogens is 360 g/mol. The molecular formula is C20H24N4O4. The number of ether oxygens (including phenoxy) is 2. The molecule has 1 aliphatic carbocycles. The highest BCUT2D eigenvalue weighted by molar-refractivity contribution is 5.96. The molecule has 1 aromatic carbocycles. The van der Waals surface area contributed by atoms with Gasteiger partial charge in [-0.1, -0.05) is 0 Å². The van der Waals surface area contributed by atoms with Crippen molar-refractivity contribution in [1.29, 1.82) is 0 Å². The van der Waals surface area contributed by atoms with Crippen LogP contribution >= 0.6 is 0 Å². The maximum absolute atomic E-state index is 12.6. The molecule has 0 radical (unpaired) electrons. The summed E-state index contributed by atoms with van der Waals surface area (Å²) in [6.45, 7) is 2.42. The summed E-state index contributed by atoms with van der Waals surface area (Å²) >= 11 is 0. The minimum Gasteiger partial charge on any atom is -0.497 e. The minimum absolute atomic E-state index is 0.0889. The number of carbonyl (C=O) groups excluding carboxylic acids is 2. The van der Waals surface area contributed by atoms with Gasteiger partial charge in [0.2, 0.25) is 0 Å². The van der Waals surface area contributed by atoms with Crippen molar-refractivity contribution < 1.29 is 19.1 Å². The molecule has 2 amide bonds. The first-order valence-corrected chi connectivity index (χ1v) is 9.44. The van der Waals surface area contributed by atoms with Crippen molar-refractivity contribution in [1.82, 2.24) is 19.8 Å². The van der Waals surface area contributed by atoms with E-state index >= 15 is 0 Å². The van der Waals surface area contributed by atoms with E-state index in [-0.39, 0.29) is 24.1 Å². The average Bonchev–Trinajstić information content (AvgIpc) is 3.43. The number of nitrogens with zero attached hydrogens (tertiary/aromatic N) is 3. The Morgan fingerprint density at radius 3 is 2.79 bits per heavy atom. The van der Waals surface area contributed by atoms with E-state index in [2.05, 4.69) is 10.3 Å². The number of carbonyl (C=O) groups is 2. The Bertz CT molecular complexity index is 904. The van der Waals surface area contributed by atoms with Crippen LogP contribution in [0.3, 0.4) is 0 Å². The fourth-order valence-corrected chi connectivity index (χ4v) is 3.39. The van der Waals surface area contributed by atoms with Crippen molar-refractivity contribution in [2.24, 2.45) is 5.92 Å². The summed E-state index contributed by atoms with van der Waals surface area (Å²) in [6.07, 6.45) is 4.05. The zero-order valence-corrected chi connectivity index (χ0v) is 16.1. The Morgan fingerprint density at radius 1 is 1.25 bits per heavy atom. The summed E-state index contributed by atoms with van der Waals surface area (Å²) in [4.78, 5) is 31.3. The molecule has 0 spiro atoms. The maximum Gasteiger partial charge on any atom is 0.289 e. The fraction of sp³-hybridized carbons (Fsp3) is 0.450. The van der Waals surface area contributed by atoms with Gasteiger partial charge in [0.1, 0.15) is 17.2 Å². The number of rotatable bonds is 7. The summed E-state index contributed by atoms with van der Waals surface area (Å²) in [6, 6.07) is 5.42. The van der Waals surface area contributed by atoms with Crippen molar-refractivity contribution in [2.45, 2.75) is 25.9 Å². The molecule has 4 rings (SSSR count). The normalized spacial score (nSPS) is 15.9. The Hall–Kier alpha value is -3.03. The molecule has 8 nitrogen and oxygen atoms in total. The van der Waals surface area contributed by atoms with Gasteiger partial charge in [0.15, 0.2) is 5.82 Å². The zero-order chi connectivity index (χ0) is 19.7. The standard InChI is InChI=1S/C20H24N4O4/c1-27-15-6-5-14(17(9-15)28-2)10-21-19(25)16-12-23-7-8-24(11-13-3-4-13)20(26)18(23)22-16/h5-6,9,12-13H,3-4,7-8,10-11H2,1-2H3,(H,21,25). The first-order chi connectivity index (χ1) is 13.6. The van der Waals surface area contributed by atoms with Crippen LogP contribution < -0.4 is 14.8 Å². The number of hydrogen-bond acceptors (Lipinski definition) is 5. The fourth-order valence-electron chi connectivity index (χ4n) is 3.39. The molecule has 28 heavy (non-hydrogen) atoms. The second kappa shape index (κ2) is 7.53. The lowest BCUT2D eigenvalue weighted by Crippen LogP contribution is -2.41. The first-order valence-electron chi connectivity index (χ1n) is 9.44. The number of hydrogen-bond donors (Lipinski definition) is 1. The zero-order valence-electron chi connectivity index (χ0n) is 16.1. The summed E-state index contributed by atoms with van der Waals surface area (Å²) in [7, 11) is 3.16. The topological polar surface area (TPSA) is 85.7 Å². The van der Waals surface area contributed by atoms with E-state index in [0.29, 0.717) is 36.3 Å². The third kappa shape index (κ3) is 3.67. The van der Waals surface area contributed by atoms with Gasteiger partial charge in [0.25, 0.3) is 11.8 Å². The van der Waals surface area contributed by atoms with Gasteiger partial charge in [-0.25, -0.2) is 4.98 Å². The summed E-state index contributed by atoms with van der Waals surface area (Å²) in [5.74, 6) is 1.89. The molecule has 1 aliphatic heterocycles. The van der Waals surface area contributed by atoms with Crippen LogP contribution in [0.15, 0.2) is 24.4 Å². The van der Waals surface area contributed by atoms with E-state index in [1.54, 1.807) is 31.0 Å². The van der Waals surface area contributed by atoms with Crippen molar-refractivity contribution in [3.63, 3.8) is 0 Å². The van der Waals surface area contributed by atoms with Crippen LogP contribution in [0.1, 0.15) is 39.5 Å². The highest BCUT2D eigenvalue weighted by Crippen LogP contribution is 2.30. The second-order valence-electron chi connectivity index (χ2n) is 7.20. The van der Waals surface area contributed by atoms with Gasteiger partial charge < -0.3 is 24.3 Å². The molecule has 0 saturated heterocycles. The van der Waals surface area contributed by atoms with Crippen molar-refractivity contribution in [2.75, 3.05) is 27.3 Å². The van der Waals surface area contributed by atoms with Gasteiger partial charge in [0, 0.05) is 44.0 Å². The lowest BCUT2D eigenvalue weighted by Gasteiger charge is -2.27. The van der Waals surface area contributed by atoms with Gasteiger partial charge in [-0.2, -0.15) is 0 Å². The van der Waals surface area contributed by atoms with Gasteiger partial charge in [-0.3, -0.25) is 9.59 Å². The Labute approximate surface area is 163 Å². The number of amides is 2. The molecule has 8 heteroatoms. The number of benzene rings is 1. The third-order valence-corrected chi connectivity index (χ3v) is 5.21. The molecule has 2 heterocycles. The van der Waals surface area contributed by atoms with Gasteiger partial charge >= 0.3 is 0 Å². The highest BCUT2D eigenvalue weighted by atomic mass is 16.5. The lowest BCUT2D eigenvalue weighted by atomic mass is 10.2. The number of nitrogens with one attached hydrogen (secondary N) is 1. The summed E-state index contributed by atoms with van der Waals surface area (Å²) < 4.78 is 12.3. The highest BCUT2D eigenvalue weighted by Gasteiger charge is 2.32. The second-order valence-corrected chi connectivity index (χ2v) is 7.20. The van der Waals surface area contributed by atoms with Gasteiger partial charge in [-0.15, -0.1) is 0 Å². The molecule has 1 saturated carbocycles. The Balaban J connectivity index is 1.43. The summed E-state index contributed by atoms with van der Waals surface area (Å²) in [5.41, 5.74) is 1.08. The van der Waals surface area contributed by atoms with Crippen LogP contribution in [0.25, 0.3) is 0 Å². The first kappa shape index (κ1) is 18.3. The minimum atomic E-state index is -0.318. The van der Waals surface area contributed by atoms with Crippen molar-refractivity contribution in [3.05, 3.63) is 41.5 Å². The number of methoxy groups -OCH3 is 2. The molecule has 0 bridgehead atoms. The van der Waals surface area contributed by atoms with Crippen molar-refractivity contribution >= 4 is 11.8 Å². The Morgan fingerprint density at radius 2 is 2.07 bits per heavy atom. The van der Waals surface area contributed by atoms with Crippen LogP contribution in [-0.4, -0.2) is 53.6 Å². The molecule has 2 aliphatic rings. The van der Waals surface area contributed by atoms with Crippen LogP contribution in [0.2, 0.25) is 0 Å². The maximum atomic E-state index is 12.6. The van der Waals surface area contributed by atoms with E-state index in [1.807, 2.05) is 17.0 Å². The molecule has 1 aromatic heterocycles. The largest absolute Gasteiger partial charge is 0.497 e. The van der Waals surface area contributed by atoms with Crippen molar-refractivity contribution in [3.8, 4) is 11.5 Å². The molecule has 0 unspecified atom stereocenters. The van der Waals surface area contributed by atoms with Gasteiger partial charge in [-0.05, 0) is 30.9 Å². The lowest BCUT2D eigenvalue weighted by molar-refractivity contribution is 0.0688. The molecule has 148 valence electrons. The van der Waals surface area contributed by atoms with Crippen LogP contribution in [0.4, 0.5) is 0 Å². The number of aromatic nitrogens is 2. The van der Waals surface area contributed by atoms with E-state index in [1.165, 1.54) is 12.8 Å². The quantitative estimate of drug-likeness (QED) is 0.785. The predicted molar refractivity (Wildman–Crippen MR) is 102 cm³/mol. The molecule has 1 N–H and O–H groups in total. The van der Waals surface area contributed by atoms with E-state index in [4.69, 9.17) is 9.47 Å². The van der Waals surface area contributed by atoms with E-state index in [0.717, 1.165) is 12.1 Å². The number of fused-ring (bicyclic) bond motifs is 1. The summed E-state index contributed by atoms with van der Waals surface area (Å²) in [5, 5.41) is 2.84. The smallest absolute Gasteiger partial charge is 0.289 e. The predicted octanol–water partition coefficient (Wildman–Crippen LogP) is 1.70. The molecule has 0 atom stereocenters. The number of imidazole rings is 1. The van der Waals surface area contributed by atoms with Gasteiger partial charge in [0.05, 0.1) is 14.2 Å². The molecule has 1 fully saturated rings. The van der Waals surface area contributed by atoms with Crippen LogP contribution in [0, 0.1) is 5.92 Å². The third-order valence-electron chi connectivity index (χ3n) is 5.21. The monoisotopic (exact) mass is 384 g/mol. The van der Waals surface area contributed by atoms with Crippen LogP contribution in [-0.2, 0) is 13.1 Å². The molecule has 2 aromatic rings.